The molecule has 2 N–H and O–H groups in total. The van der Waals surface area contributed by atoms with Crippen molar-refractivity contribution in [2.24, 2.45) is 5.92 Å². The van der Waals surface area contributed by atoms with Crippen LogP contribution in [0.4, 0.5) is 0 Å². The lowest BCUT2D eigenvalue weighted by molar-refractivity contribution is -0.133. The van der Waals surface area contributed by atoms with Gasteiger partial charge in [0.1, 0.15) is 0 Å². The van der Waals surface area contributed by atoms with Crippen molar-refractivity contribution in [2.75, 3.05) is 19.6 Å². The van der Waals surface area contributed by atoms with Crippen LogP contribution in [0, 0.1) is 5.92 Å². The second-order valence-corrected chi connectivity index (χ2v) is 6.74. The van der Waals surface area contributed by atoms with Crippen LogP contribution in [0.3, 0.4) is 0 Å². The number of benzene rings is 1. The molecule has 124 valence electrons. The first-order valence-electron chi connectivity index (χ1n) is 8.18. The Morgan fingerprint density at radius 1 is 1.22 bits per heavy atom. The van der Waals surface area contributed by atoms with Crippen molar-refractivity contribution in [3.05, 3.63) is 34.9 Å². The van der Waals surface area contributed by atoms with Gasteiger partial charge >= 0.3 is 0 Å². The fraction of sp³-hybridized carbons (Fsp3) is 0.529. The van der Waals surface area contributed by atoms with E-state index in [1.807, 2.05) is 4.90 Å². The zero-order valence-electron chi connectivity index (χ0n) is 13.1. The van der Waals surface area contributed by atoms with Crippen LogP contribution in [-0.4, -0.2) is 42.3 Å². The molecule has 2 aliphatic heterocycles. The van der Waals surface area contributed by atoms with Gasteiger partial charge in [0, 0.05) is 55.0 Å². The van der Waals surface area contributed by atoms with E-state index in [1.54, 1.807) is 24.3 Å². The third-order valence-corrected chi connectivity index (χ3v) is 4.95. The minimum atomic E-state index is 0.0670. The maximum absolute atomic E-state index is 12.3. The van der Waals surface area contributed by atoms with Gasteiger partial charge < -0.3 is 4.90 Å². The van der Waals surface area contributed by atoms with Gasteiger partial charge in [-0.05, 0) is 37.1 Å². The molecule has 0 aliphatic carbocycles. The Hall–Kier alpha value is -1.43. The quantitative estimate of drug-likeness (QED) is 0.808. The number of ketones is 1. The molecule has 0 saturated carbocycles. The molecular formula is C17H22ClN3O2. The largest absolute Gasteiger partial charge is 0.342 e. The molecule has 3 rings (SSSR count). The summed E-state index contributed by atoms with van der Waals surface area (Å²) >= 11 is 5.82. The number of Topliss-reactive ketones (excluding diaryl/α,β-unsaturated/α-hetero) is 1. The van der Waals surface area contributed by atoms with Gasteiger partial charge in [-0.25, -0.2) is 0 Å². The molecule has 0 aromatic heterocycles. The van der Waals surface area contributed by atoms with E-state index >= 15 is 0 Å². The molecule has 1 aromatic rings. The lowest BCUT2D eigenvalue weighted by atomic mass is 9.94. The Balaban J connectivity index is 1.42. The smallest absolute Gasteiger partial charge is 0.222 e. The fourth-order valence-electron chi connectivity index (χ4n) is 3.32. The summed E-state index contributed by atoms with van der Waals surface area (Å²) < 4.78 is 0. The Morgan fingerprint density at radius 3 is 2.78 bits per heavy atom. The Labute approximate surface area is 141 Å². The number of nitrogens with one attached hydrogen (secondary N) is 2. The van der Waals surface area contributed by atoms with Crippen molar-refractivity contribution in [1.82, 2.24) is 15.8 Å². The molecule has 2 fully saturated rings. The minimum Gasteiger partial charge on any atom is -0.342 e. The molecule has 2 heterocycles. The van der Waals surface area contributed by atoms with Crippen molar-refractivity contribution in [2.45, 2.75) is 31.7 Å². The molecule has 1 aromatic carbocycles. The molecular weight excluding hydrogens is 314 g/mol. The van der Waals surface area contributed by atoms with E-state index in [0.717, 1.165) is 26.1 Å². The van der Waals surface area contributed by atoms with Gasteiger partial charge in [0.05, 0.1) is 0 Å². The molecule has 23 heavy (non-hydrogen) atoms. The van der Waals surface area contributed by atoms with Crippen LogP contribution < -0.4 is 10.9 Å². The molecule has 1 amide bonds. The summed E-state index contributed by atoms with van der Waals surface area (Å²) in [5, 5.41) is 0.621. The van der Waals surface area contributed by atoms with Gasteiger partial charge in [-0.1, -0.05) is 11.6 Å². The fourth-order valence-corrected chi connectivity index (χ4v) is 3.44. The zero-order chi connectivity index (χ0) is 16.2. The number of halogens is 1. The average Bonchev–Trinajstić information content (AvgIpc) is 3.02. The summed E-state index contributed by atoms with van der Waals surface area (Å²) in [6, 6.07) is 7.39. The predicted octanol–water partition coefficient (Wildman–Crippen LogP) is 2.02. The zero-order valence-corrected chi connectivity index (χ0v) is 13.8. The second kappa shape index (κ2) is 7.43. The third kappa shape index (κ3) is 4.10. The second-order valence-electron chi connectivity index (χ2n) is 6.30. The number of amides is 1. The summed E-state index contributed by atoms with van der Waals surface area (Å²) in [7, 11) is 0. The SMILES string of the molecule is O=C(CCCC(=O)N1CCC2NNCC2C1)c1ccc(Cl)cc1. The summed E-state index contributed by atoms with van der Waals surface area (Å²) in [5.41, 5.74) is 7.08. The van der Waals surface area contributed by atoms with Crippen molar-refractivity contribution >= 4 is 23.3 Å². The number of hydrazine groups is 1. The van der Waals surface area contributed by atoms with Crippen LogP contribution in [0.25, 0.3) is 0 Å². The lowest BCUT2D eigenvalue weighted by Crippen LogP contribution is -2.47. The predicted molar refractivity (Wildman–Crippen MR) is 89.2 cm³/mol. The van der Waals surface area contributed by atoms with E-state index in [0.29, 0.717) is 41.8 Å². The minimum absolute atomic E-state index is 0.0670. The number of carbonyl (C=O) groups is 2. The maximum Gasteiger partial charge on any atom is 0.222 e. The number of piperidine rings is 1. The van der Waals surface area contributed by atoms with E-state index in [4.69, 9.17) is 11.6 Å². The van der Waals surface area contributed by atoms with E-state index in [1.165, 1.54) is 0 Å². The van der Waals surface area contributed by atoms with Crippen LogP contribution in [0.2, 0.25) is 5.02 Å². The third-order valence-electron chi connectivity index (χ3n) is 4.70. The first-order valence-corrected chi connectivity index (χ1v) is 8.56. The van der Waals surface area contributed by atoms with E-state index in [2.05, 4.69) is 10.9 Å². The summed E-state index contributed by atoms with van der Waals surface area (Å²) in [6.45, 7) is 2.54. The van der Waals surface area contributed by atoms with Crippen LogP contribution in [0.1, 0.15) is 36.0 Å². The van der Waals surface area contributed by atoms with E-state index < -0.39 is 0 Å². The van der Waals surface area contributed by atoms with Crippen LogP contribution >= 0.6 is 11.6 Å². The van der Waals surface area contributed by atoms with Gasteiger partial charge in [-0.2, -0.15) is 0 Å². The molecule has 5 nitrogen and oxygen atoms in total. The summed E-state index contributed by atoms with van der Waals surface area (Å²) in [4.78, 5) is 26.3. The highest BCUT2D eigenvalue weighted by atomic mass is 35.5. The van der Waals surface area contributed by atoms with Gasteiger partial charge in [0.2, 0.25) is 5.91 Å². The topological polar surface area (TPSA) is 61.4 Å². The van der Waals surface area contributed by atoms with Crippen molar-refractivity contribution < 1.29 is 9.59 Å². The molecule has 2 saturated heterocycles. The highest BCUT2D eigenvalue weighted by Gasteiger charge is 2.34. The van der Waals surface area contributed by atoms with Crippen LogP contribution in [0.5, 0.6) is 0 Å². The molecule has 0 bridgehead atoms. The normalized spacial score (nSPS) is 23.6. The van der Waals surface area contributed by atoms with Crippen molar-refractivity contribution in [1.29, 1.82) is 0 Å². The Morgan fingerprint density at radius 2 is 2.00 bits per heavy atom. The first-order chi connectivity index (χ1) is 11.1. The number of likely N-dealkylation sites (tertiary alicyclic amines) is 1. The molecule has 0 spiro atoms. The number of hydrogen-bond donors (Lipinski definition) is 2. The van der Waals surface area contributed by atoms with Gasteiger partial charge in [0.15, 0.2) is 5.78 Å². The molecule has 6 heteroatoms. The van der Waals surface area contributed by atoms with Crippen molar-refractivity contribution in [3.8, 4) is 0 Å². The summed E-state index contributed by atoms with van der Waals surface area (Å²) in [5.74, 6) is 0.736. The van der Waals surface area contributed by atoms with Gasteiger partial charge in [0.25, 0.3) is 0 Å². The number of nitrogens with zero attached hydrogens (tertiary/aromatic N) is 1. The summed E-state index contributed by atoms with van der Waals surface area (Å²) in [6.07, 6.45) is 2.43. The van der Waals surface area contributed by atoms with E-state index in [9.17, 15) is 9.59 Å². The molecule has 0 radical (unpaired) electrons. The van der Waals surface area contributed by atoms with Gasteiger partial charge in [-0.3, -0.25) is 20.4 Å². The van der Waals surface area contributed by atoms with Gasteiger partial charge in [-0.15, -0.1) is 0 Å². The Bertz CT molecular complexity index is 576. The molecule has 2 atom stereocenters. The Kier molecular flexibility index (Phi) is 5.30. The maximum atomic E-state index is 12.3. The molecule has 2 unspecified atom stereocenters. The number of carbonyl (C=O) groups excluding carboxylic acids is 2. The van der Waals surface area contributed by atoms with Crippen LogP contribution in [-0.2, 0) is 4.79 Å². The highest BCUT2D eigenvalue weighted by Crippen LogP contribution is 2.20. The van der Waals surface area contributed by atoms with E-state index in [-0.39, 0.29) is 11.7 Å². The van der Waals surface area contributed by atoms with Crippen LogP contribution in [0.15, 0.2) is 24.3 Å². The standard InChI is InChI=1S/C17H22ClN3O2/c18-14-6-4-12(5-7-14)16(22)2-1-3-17(23)21-9-8-15-13(11-21)10-19-20-15/h4-7,13,15,19-20H,1-3,8-11H2. The number of hydrogen-bond acceptors (Lipinski definition) is 4. The first kappa shape index (κ1) is 16.4. The molecule has 2 aliphatic rings. The number of rotatable bonds is 5. The average molecular weight is 336 g/mol. The number of fused-ring (bicyclic) bond motifs is 1. The highest BCUT2D eigenvalue weighted by molar-refractivity contribution is 6.30. The van der Waals surface area contributed by atoms with Crippen molar-refractivity contribution in [3.63, 3.8) is 0 Å². The lowest BCUT2D eigenvalue weighted by Gasteiger charge is -2.34. The monoisotopic (exact) mass is 335 g/mol.